The summed E-state index contributed by atoms with van der Waals surface area (Å²) in [6.45, 7) is 38.7. The normalized spacial score (nSPS) is 17.9. The summed E-state index contributed by atoms with van der Waals surface area (Å²) in [5, 5.41) is 0. The highest BCUT2D eigenvalue weighted by atomic mass is 32.2. The van der Waals surface area contributed by atoms with Gasteiger partial charge in [-0.25, -0.2) is 0 Å². The first-order valence-corrected chi connectivity index (χ1v) is 23.7. The van der Waals surface area contributed by atoms with Gasteiger partial charge in [-0.15, -0.1) is 0 Å². The fraction of sp³-hybridized carbons (Fsp3) is 0.169. The molecule has 0 radical (unpaired) electrons. The number of hydrogen-bond acceptors (Lipinski definition) is 1. The number of rotatable bonds is 12. The lowest BCUT2D eigenvalue weighted by Crippen LogP contribution is -2.29. The number of allylic oxidation sites excluding steroid dienone is 23. The molecule has 0 fully saturated rings. The van der Waals surface area contributed by atoms with E-state index < -0.39 is 5.41 Å². The summed E-state index contributed by atoms with van der Waals surface area (Å²) < 4.78 is 0. The molecule has 0 aromatic heterocycles. The van der Waals surface area contributed by atoms with E-state index in [0.29, 0.717) is 0 Å². The molecule has 4 aromatic rings. The Labute approximate surface area is 404 Å². The maximum absolute atomic E-state index is 4.64. The predicted molar refractivity (Wildman–Crippen MR) is 301 cm³/mol. The molecule has 0 N–H and O–H groups in total. The van der Waals surface area contributed by atoms with Crippen LogP contribution in [0.4, 0.5) is 0 Å². The van der Waals surface area contributed by atoms with Crippen molar-refractivity contribution in [3.63, 3.8) is 0 Å². The molecule has 0 nitrogen and oxygen atoms in total. The average molecular weight is 885 g/mol. The van der Waals surface area contributed by atoms with E-state index in [1.54, 1.807) is 23.9 Å². The standard InChI is InChI=1S/C35H34S.2C14H16.C2H6/c1-7-9-12-17-27(5)35(29-18-13-11-14-19-29)31-20-15-16-26(4)33(21-10-8-2)36-28(6)34(31)30-23-22-25(3)24-32(30)35;2*1-4-5-6-7-13(3)14-10-8-12(2)9-11-14;1-2/h7-15,17-24H,1-2,6,16H2,3-5H3;2*4-11H,1H2,2-3H3;1-2H3/b12-9-,20-15-,21-10-,27-17+,33-26-;2*6-5-,13-7+;. The van der Waals surface area contributed by atoms with Crippen LogP contribution < -0.4 is 0 Å². The van der Waals surface area contributed by atoms with E-state index in [1.165, 1.54) is 82.9 Å². The third kappa shape index (κ3) is 14.7. The lowest BCUT2D eigenvalue weighted by molar-refractivity contribution is 0.738. The molecule has 4 aromatic carbocycles. The summed E-state index contributed by atoms with van der Waals surface area (Å²) in [6.07, 6.45) is 35.3. The number of hydrogen-bond donors (Lipinski definition) is 0. The third-order valence-corrected chi connectivity index (χ3v) is 12.3. The van der Waals surface area contributed by atoms with Crippen molar-refractivity contribution in [1.29, 1.82) is 0 Å². The fourth-order valence-electron chi connectivity index (χ4n) is 7.67. The topological polar surface area (TPSA) is 0 Å². The monoisotopic (exact) mass is 885 g/mol. The SMILES string of the molecule is C=C/C=C\C=C(/C)C1(c2ccccc2)C2=C(C(=C)SC(/C=C\C=C)=C(/C)C/C=C\2)c2ccc(C)cc21.C=C/C=C\C=C(/C)c1ccc(C)cc1.C=C/C=C\C=C(/C)c1ccc(C)cc1.CC. The van der Waals surface area contributed by atoms with E-state index in [9.17, 15) is 0 Å². The minimum atomic E-state index is -0.418. The molecule has 1 unspecified atom stereocenters. The van der Waals surface area contributed by atoms with Crippen molar-refractivity contribution in [1.82, 2.24) is 0 Å². The molecular weight excluding hydrogens is 813 g/mol. The Morgan fingerprint density at radius 1 is 0.576 bits per heavy atom. The van der Waals surface area contributed by atoms with Gasteiger partial charge in [0.05, 0.1) is 5.41 Å². The number of aryl methyl sites for hydroxylation is 3. The molecule has 0 bridgehead atoms. The molecule has 0 saturated carbocycles. The molecule has 1 aliphatic carbocycles. The fourth-order valence-corrected chi connectivity index (χ4v) is 8.66. The summed E-state index contributed by atoms with van der Waals surface area (Å²) in [4.78, 5) is 2.29. The second-order valence-electron chi connectivity index (χ2n) is 16.0. The van der Waals surface area contributed by atoms with Crippen LogP contribution in [0.25, 0.3) is 16.7 Å². The van der Waals surface area contributed by atoms with Crippen molar-refractivity contribution in [2.24, 2.45) is 0 Å². The van der Waals surface area contributed by atoms with Crippen LogP contribution in [0.1, 0.15) is 92.5 Å². The van der Waals surface area contributed by atoms with Gasteiger partial charge in [-0.3, -0.25) is 0 Å². The van der Waals surface area contributed by atoms with Gasteiger partial charge in [0.2, 0.25) is 0 Å². The van der Waals surface area contributed by atoms with E-state index in [2.05, 4.69) is 221 Å². The maximum atomic E-state index is 4.64. The molecule has 2 aliphatic rings. The van der Waals surface area contributed by atoms with Gasteiger partial charge < -0.3 is 0 Å². The van der Waals surface area contributed by atoms with Crippen molar-refractivity contribution < 1.29 is 0 Å². The highest BCUT2D eigenvalue weighted by Gasteiger charge is 2.47. The van der Waals surface area contributed by atoms with Crippen LogP contribution in [0.3, 0.4) is 0 Å². The van der Waals surface area contributed by atoms with Crippen molar-refractivity contribution in [3.8, 4) is 0 Å². The molecule has 0 amide bonds. The van der Waals surface area contributed by atoms with E-state index in [1.807, 2.05) is 62.5 Å². The van der Waals surface area contributed by atoms with Gasteiger partial charge in [0, 0.05) is 15.4 Å². The highest BCUT2D eigenvalue weighted by molar-refractivity contribution is 8.07. The minimum Gasteiger partial charge on any atom is -0.0991 e. The lowest BCUT2D eigenvalue weighted by atomic mass is 9.66. The predicted octanol–water partition coefficient (Wildman–Crippen LogP) is 19.3. The second-order valence-corrected chi connectivity index (χ2v) is 17.1. The van der Waals surface area contributed by atoms with E-state index in [0.717, 1.165) is 11.3 Å². The van der Waals surface area contributed by atoms with E-state index in [4.69, 9.17) is 0 Å². The number of benzene rings is 4. The highest BCUT2D eigenvalue weighted by Crippen LogP contribution is 2.58. The van der Waals surface area contributed by atoms with Crippen LogP contribution in [0.5, 0.6) is 0 Å². The van der Waals surface area contributed by atoms with Gasteiger partial charge in [0.15, 0.2) is 0 Å². The quantitative estimate of drug-likeness (QED) is 0.128. The second kappa shape index (κ2) is 28.3. The van der Waals surface area contributed by atoms with Crippen molar-refractivity contribution >= 4 is 28.5 Å². The molecule has 1 aliphatic heterocycles. The van der Waals surface area contributed by atoms with Crippen molar-refractivity contribution in [2.75, 3.05) is 0 Å². The first kappa shape index (κ1) is 53.7. The number of fused-ring (bicyclic) bond motifs is 2. The van der Waals surface area contributed by atoms with Crippen LogP contribution in [-0.2, 0) is 5.41 Å². The summed E-state index contributed by atoms with van der Waals surface area (Å²) >= 11 is 1.76. The maximum Gasteiger partial charge on any atom is 0.0674 e. The van der Waals surface area contributed by atoms with Crippen molar-refractivity contribution in [3.05, 3.63) is 304 Å². The Morgan fingerprint density at radius 3 is 1.56 bits per heavy atom. The summed E-state index contributed by atoms with van der Waals surface area (Å²) in [7, 11) is 0. The van der Waals surface area contributed by atoms with Gasteiger partial charge in [0.1, 0.15) is 0 Å². The molecule has 0 spiro atoms. The minimum absolute atomic E-state index is 0.418. The Kier molecular flexibility index (Phi) is 23.0. The summed E-state index contributed by atoms with van der Waals surface area (Å²) in [5.41, 5.74) is 17.4. The van der Waals surface area contributed by atoms with Crippen LogP contribution in [0.15, 0.2) is 260 Å². The van der Waals surface area contributed by atoms with Gasteiger partial charge in [-0.1, -0.05) is 281 Å². The molecule has 338 valence electrons. The smallest absolute Gasteiger partial charge is 0.0674 e. The lowest BCUT2D eigenvalue weighted by Gasteiger charge is -2.35. The van der Waals surface area contributed by atoms with Crippen LogP contribution in [-0.4, -0.2) is 0 Å². The van der Waals surface area contributed by atoms with Crippen LogP contribution in [0, 0.1) is 20.8 Å². The Morgan fingerprint density at radius 2 is 1.06 bits per heavy atom. The van der Waals surface area contributed by atoms with Crippen molar-refractivity contribution in [2.45, 2.75) is 74.1 Å². The van der Waals surface area contributed by atoms with Gasteiger partial charge >= 0.3 is 0 Å². The Balaban J connectivity index is 0.000000315. The van der Waals surface area contributed by atoms with Gasteiger partial charge in [0.25, 0.3) is 0 Å². The first-order valence-electron chi connectivity index (χ1n) is 22.9. The zero-order valence-corrected chi connectivity index (χ0v) is 42.0. The Hall–Kier alpha value is -6.67. The van der Waals surface area contributed by atoms with Gasteiger partial charge in [-0.2, -0.15) is 0 Å². The molecular formula is C65H72S. The zero-order chi connectivity index (χ0) is 48.5. The third-order valence-electron chi connectivity index (χ3n) is 11.1. The largest absolute Gasteiger partial charge is 0.0991 e. The molecule has 66 heavy (non-hydrogen) atoms. The summed E-state index contributed by atoms with van der Waals surface area (Å²) in [6, 6.07) is 34.8. The molecule has 1 heteroatoms. The molecule has 1 atom stereocenters. The van der Waals surface area contributed by atoms with Gasteiger partial charge in [-0.05, 0) is 105 Å². The number of thioether (sulfide) groups is 1. The van der Waals surface area contributed by atoms with Crippen LogP contribution in [0.2, 0.25) is 0 Å². The van der Waals surface area contributed by atoms with E-state index in [-0.39, 0.29) is 0 Å². The Bertz CT molecular complexity index is 2520. The molecule has 0 saturated heterocycles. The molecule has 6 rings (SSSR count). The average Bonchev–Trinajstić information content (AvgIpc) is 3.64. The first-order chi connectivity index (χ1) is 31.9. The molecule has 1 heterocycles. The van der Waals surface area contributed by atoms with Crippen LogP contribution >= 0.6 is 11.8 Å². The van der Waals surface area contributed by atoms with E-state index >= 15 is 0 Å². The summed E-state index contributed by atoms with van der Waals surface area (Å²) in [5.74, 6) is 0. The zero-order valence-electron chi connectivity index (χ0n) is 41.2.